The number of piperidine rings is 1. The molecule has 1 N–H and O–H groups in total. The van der Waals surface area contributed by atoms with Crippen molar-refractivity contribution in [1.82, 2.24) is 9.97 Å². The van der Waals surface area contributed by atoms with Crippen LogP contribution in [0.1, 0.15) is 12.8 Å². The number of aromatic nitrogens is 2. The summed E-state index contributed by atoms with van der Waals surface area (Å²) in [4.78, 5) is 23.5. The zero-order chi connectivity index (χ0) is 20.2. The van der Waals surface area contributed by atoms with Gasteiger partial charge in [0.2, 0.25) is 11.9 Å². The quantitative estimate of drug-likeness (QED) is 0.718. The van der Waals surface area contributed by atoms with Crippen molar-refractivity contribution in [2.75, 3.05) is 23.3 Å². The molecule has 0 radical (unpaired) electrons. The maximum atomic E-state index is 13.1. The van der Waals surface area contributed by atoms with Crippen molar-refractivity contribution in [3.8, 4) is 11.1 Å². The summed E-state index contributed by atoms with van der Waals surface area (Å²) in [5.41, 5.74) is 2.22. The maximum absolute atomic E-state index is 13.1. The lowest BCUT2D eigenvalue weighted by Crippen LogP contribution is -2.41. The molecule has 1 aliphatic rings. The Morgan fingerprint density at radius 3 is 2.21 bits per heavy atom. The molecule has 0 bridgehead atoms. The van der Waals surface area contributed by atoms with Gasteiger partial charge < -0.3 is 10.2 Å². The van der Waals surface area contributed by atoms with Crippen LogP contribution in [0.15, 0.2) is 60.9 Å². The van der Waals surface area contributed by atoms with E-state index in [9.17, 15) is 13.6 Å². The van der Waals surface area contributed by atoms with E-state index in [2.05, 4.69) is 15.3 Å². The number of carbonyl (C=O) groups excluding carboxylic acids is 1. The summed E-state index contributed by atoms with van der Waals surface area (Å²) in [6.07, 6.45) is 5.04. The number of hydrogen-bond donors (Lipinski definition) is 1. The third-order valence-corrected chi connectivity index (χ3v) is 5.00. The fourth-order valence-electron chi connectivity index (χ4n) is 3.43. The lowest BCUT2D eigenvalue weighted by Gasteiger charge is -2.32. The number of nitrogens with zero attached hydrogens (tertiary/aromatic N) is 3. The predicted molar refractivity (Wildman–Crippen MR) is 107 cm³/mol. The minimum atomic E-state index is -0.340. The van der Waals surface area contributed by atoms with Gasteiger partial charge in [-0.25, -0.2) is 18.7 Å². The molecule has 2 aromatic carbocycles. The van der Waals surface area contributed by atoms with Crippen molar-refractivity contribution < 1.29 is 13.6 Å². The number of amides is 1. The normalized spacial score (nSPS) is 16.5. The van der Waals surface area contributed by atoms with Gasteiger partial charge in [-0.05, 0) is 54.8 Å². The Balaban J connectivity index is 1.41. The smallest absolute Gasteiger partial charge is 0.229 e. The molecular weight excluding hydrogens is 374 g/mol. The topological polar surface area (TPSA) is 58.1 Å². The molecule has 7 heteroatoms. The van der Waals surface area contributed by atoms with E-state index in [4.69, 9.17) is 0 Å². The van der Waals surface area contributed by atoms with Crippen molar-refractivity contribution in [3.63, 3.8) is 0 Å². The van der Waals surface area contributed by atoms with Crippen LogP contribution in [0.4, 0.5) is 20.4 Å². The van der Waals surface area contributed by atoms with Crippen LogP contribution in [-0.2, 0) is 4.79 Å². The highest BCUT2D eigenvalue weighted by Gasteiger charge is 2.27. The van der Waals surface area contributed by atoms with E-state index >= 15 is 0 Å². The highest BCUT2D eigenvalue weighted by molar-refractivity contribution is 5.93. The summed E-state index contributed by atoms with van der Waals surface area (Å²) < 4.78 is 26.1. The van der Waals surface area contributed by atoms with Gasteiger partial charge in [0.1, 0.15) is 11.6 Å². The third kappa shape index (κ3) is 4.56. The second-order valence-corrected chi connectivity index (χ2v) is 7.06. The van der Waals surface area contributed by atoms with E-state index < -0.39 is 0 Å². The summed E-state index contributed by atoms with van der Waals surface area (Å²) in [6, 6.07) is 11.9. The van der Waals surface area contributed by atoms with E-state index in [0.717, 1.165) is 30.5 Å². The van der Waals surface area contributed by atoms with E-state index in [-0.39, 0.29) is 23.5 Å². The first-order valence-corrected chi connectivity index (χ1v) is 9.48. The first-order valence-electron chi connectivity index (χ1n) is 9.48. The zero-order valence-electron chi connectivity index (χ0n) is 15.7. The fourth-order valence-corrected chi connectivity index (χ4v) is 3.43. The number of hydrogen-bond acceptors (Lipinski definition) is 4. The molecule has 0 saturated carbocycles. The Kier molecular flexibility index (Phi) is 5.46. The molecule has 29 heavy (non-hydrogen) atoms. The van der Waals surface area contributed by atoms with E-state index in [1.54, 1.807) is 36.7 Å². The van der Waals surface area contributed by atoms with Gasteiger partial charge in [-0.3, -0.25) is 4.79 Å². The van der Waals surface area contributed by atoms with E-state index in [0.29, 0.717) is 18.2 Å². The lowest BCUT2D eigenvalue weighted by atomic mass is 9.97. The van der Waals surface area contributed by atoms with Gasteiger partial charge in [-0.15, -0.1) is 0 Å². The molecule has 1 aliphatic heterocycles. The highest BCUT2D eigenvalue weighted by atomic mass is 19.1. The fraction of sp³-hybridized carbons (Fsp3) is 0.227. The number of nitrogens with one attached hydrogen (secondary N) is 1. The minimum Gasteiger partial charge on any atom is -0.340 e. The maximum Gasteiger partial charge on any atom is 0.229 e. The number of carbonyl (C=O) groups is 1. The van der Waals surface area contributed by atoms with Crippen LogP contribution in [0.2, 0.25) is 0 Å². The van der Waals surface area contributed by atoms with Crippen LogP contribution in [0.5, 0.6) is 0 Å². The Labute approximate surface area is 167 Å². The van der Waals surface area contributed by atoms with Crippen molar-refractivity contribution >= 4 is 17.5 Å². The van der Waals surface area contributed by atoms with Crippen LogP contribution >= 0.6 is 0 Å². The van der Waals surface area contributed by atoms with Crippen LogP contribution in [0, 0.1) is 17.6 Å². The summed E-state index contributed by atoms with van der Waals surface area (Å²) in [6.45, 7) is 1.29. The summed E-state index contributed by atoms with van der Waals surface area (Å²) in [7, 11) is 0. The number of halogens is 2. The molecule has 3 aromatic rings. The van der Waals surface area contributed by atoms with Gasteiger partial charge in [0.15, 0.2) is 0 Å². The molecule has 4 rings (SSSR count). The molecule has 5 nitrogen and oxygen atoms in total. The Morgan fingerprint density at radius 2 is 1.55 bits per heavy atom. The van der Waals surface area contributed by atoms with Gasteiger partial charge in [-0.1, -0.05) is 12.1 Å². The summed E-state index contributed by atoms with van der Waals surface area (Å²) in [5.74, 6) is -0.355. The third-order valence-electron chi connectivity index (χ3n) is 5.00. The number of rotatable bonds is 4. The SMILES string of the molecule is O=C(Nc1ccc(F)cc1)[C@@H]1CCCN(c2ncc(-c3ccc(F)cc3)cn2)C1. The molecular formula is C22H20F2N4O. The van der Waals surface area contributed by atoms with Gasteiger partial charge in [-0.2, -0.15) is 0 Å². The highest BCUT2D eigenvalue weighted by Crippen LogP contribution is 2.24. The molecule has 1 saturated heterocycles. The molecule has 0 aliphatic carbocycles. The summed E-state index contributed by atoms with van der Waals surface area (Å²) in [5, 5.41) is 2.84. The van der Waals surface area contributed by atoms with Gasteiger partial charge >= 0.3 is 0 Å². The Morgan fingerprint density at radius 1 is 0.931 bits per heavy atom. The molecule has 0 spiro atoms. The molecule has 1 aromatic heterocycles. The monoisotopic (exact) mass is 394 g/mol. The predicted octanol–water partition coefficient (Wildman–Crippen LogP) is 4.28. The Bertz CT molecular complexity index is 975. The first kappa shape index (κ1) is 19.0. The van der Waals surface area contributed by atoms with Crippen LogP contribution in [0.3, 0.4) is 0 Å². The number of anilines is 2. The van der Waals surface area contributed by atoms with Crippen molar-refractivity contribution in [2.45, 2.75) is 12.8 Å². The zero-order valence-corrected chi connectivity index (χ0v) is 15.7. The van der Waals surface area contributed by atoms with E-state index in [1.807, 2.05) is 4.90 Å². The van der Waals surface area contributed by atoms with Crippen molar-refractivity contribution in [1.29, 1.82) is 0 Å². The summed E-state index contributed by atoms with van der Waals surface area (Å²) >= 11 is 0. The van der Waals surface area contributed by atoms with Gasteiger partial charge in [0, 0.05) is 36.7 Å². The van der Waals surface area contributed by atoms with Crippen molar-refractivity contribution in [3.05, 3.63) is 72.6 Å². The second kappa shape index (κ2) is 8.34. The molecule has 148 valence electrons. The average molecular weight is 394 g/mol. The second-order valence-electron chi connectivity index (χ2n) is 7.06. The van der Waals surface area contributed by atoms with Gasteiger partial charge in [0.25, 0.3) is 0 Å². The Hall–Kier alpha value is -3.35. The molecule has 1 amide bonds. The number of benzene rings is 2. The molecule has 1 fully saturated rings. The lowest BCUT2D eigenvalue weighted by molar-refractivity contribution is -0.120. The standard InChI is InChI=1S/C22H20F2N4O/c23-18-5-3-15(4-6-18)17-12-25-22(26-13-17)28-11-1-2-16(14-28)21(29)27-20-9-7-19(24)8-10-20/h3-10,12-13,16H,1-2,11,14H2,(H,27,29)/t16-/m1/s1. The van der Waals surface area contributed by atoms with E-state index in [1.165, 1.54) is 24.3 Å². The van der Waals surface area contributed by atoms with Crippen molar-refractivity contribution in [2.24, 2.45) is 5.92 Å². The van der Waals surface area contributed by atoms with Crippen LogP contribution < -0.4 is 10.2 Å². The largest absolute Gasteiger partial charge is 0.340 e. The minimum absolute atomic E-state index is 0.0933. The first-order chi connectivity index (χ1) is 14.1. The van der Waals surface area contributed by atoms with Gasteiger partial charge in [0.05, 0.1) is 5.92 Å². The molecule has 2 heterocycles. The van der Waals surface area contributed by atoms with Crippen LogP contribution in [0.25, 0.3) is 11.1 Å². The average Bonchev–Trinajstić information content (AvgIpc) is 2.76. The van der Waals surface area contributed by atoms with Crippen LogP contribution in [-0.4, -0.2) is 29.0 Å². The molecule has 0 unspecified atom stereocenters. The molecule has 1 atom stereocenters.